The van der Waals surface area contributed by atoms with E-state index in [9.17, 15) is 15.0 Å². The highest BCUT2D eigenvalue weighted by Crippen LogP contribution is 2.48. The molecule has 0 aromatic carbocycles. The molecule has 1 amide bonds. The number of aliphatic hydroxyl groups excluding tert-OH is 1. The van der Waals surface area contributed by atoms with Crippen molar-refractivity contribution in [2.24, 2.45) is 17.8 Å². The van der Waals surface area contributed by atoms with Gasteiger partial charge in [-0.2, -0.15) is 0 Å². The molecule has 28 heavy (non-hydrogen) atoms. The Morgan fingerprint density at radius 1 is 1.32 bits per heavy atom. The van der Waals surface area contributed by atoms with Crippen molar-refractivity contribution >= 4 is 5.91 Å². The number of rotatable bonds is 11. The predicted octanol–water partition coefficient (Wildman–Crippen LogP) is 4.47. The maximum Gasteiger partial charge on any atom is 0.222 e. The predicted molar refractivity (Wildman–Crippen MR) is 115 cm³/mol. The molecule has 2 aliphatic rings. The Morgan fingerprint density at radius 2 is 2.07 bits per heavy atom. The van der Waals surface area contributed by atoms with Crippen molar-refractivity contribution in [2.45, 2.75) is 89.8 Å². The topological polar surface area (TPSA) is 60.8 Å². The zero-order valence-corrected chi connectivity index (χ0v) is 18.4. The van der Waals surface area contributed by atoms with E-state index in [-0.39, 0.29) is 17.9 Å². The van der Waals surface area contributed by atoms with Crippen molar-refractivity contribution in [1.29, 1.82) is 0 Å². The molecule has 0 aromatic rings. The van der Waals surface area contributed by atoms with Crippen molar-refractivity contribution in [3.63, 3.8) is 0 Å². The first-order valence-electron chi connectivity index (χ1n) is 11.2. The largest absolute Gasteiger partial charge is 0.392 e. The Morgan fingerprint density at radius 3 is 2.75 bits per heavy atom. The van der Waals surface area contributed by atoms with E-state index in [2.05, 4.69) is 25.2 Å². The Hall–Kier alpha value is -1.13. The SMILES string of the molecule is CCCC[C@](C)(O)C/C=C/[C@H]1[C@H](O)CC2C=C(CCCCC(=O)N(C)C)C[C@@H]21. The molecule has 1 fully saturated rings. The number of amides is 1. The van der Waals surface area contributed by atoms with Crippen LogP contribution in [0.1, 0.15) is 78.1 Å². The van der Waals surface area contributed by atoms with Crippen molar-refractivity contribution in [2.75, 3.05) is 14.1 Å². The van der Waals surface area contributed by atoms with E-state index in [4.69, 9.17) is 0 Å². The Balaban J connectivity index is 1.78. The van der Waals surface area contributed by atoms with Gasteiger partial charge >= 0.3 is 0 Å². The van der Waals surface area contributed by atoms with Gasteiger partial charge in [-0.15, -0.1) is 0 Å². The minimum Gasteiger partial charge on any atom is -0.392 e. The van der Waals surface area contributed by atoms with Gasteiger partial charge in [0.1, 0.15) is 0 Å². The molecule has 2 aliphatic carbocycles. The van der Waals surface area contributed by atoms with Crippen LogP contribution in [0.5, 0.6) is 0 Å². The van der Waals surface area contributed by atoms with Gasteiger partial charge in [0.05, 0.1) is 11.7 Å². The van der Waals surface area contributed by atoms with Gasteiger partial charge in [0.2, 0.25) is 5.91 Å². The molecule has 0 aliphatic heterocycles. The number of allylic oxidation sites excluding steroid dienone is 2. The Labute approximate surface area is 171 Å². The summed E-state index contributed by atoms with van der Waals surface area (Å²) in [4.78, 5) is 13.3. The highest BCUT2D eigenvalue weighted by Gasteiger charge is 2.43. The average molecular weight is 392 g/mol. The fourth-order valence-electron chi connectivity index (χ4n) is 4.78. The molecular formula is C24H41NO3. The third-order valence-electron chi connectivity index (χ3n) is 6.57. The lowest BCUT2D eigenvalue weighted by atomic mass is 9.87. The number of nitrogens with zero attached hydrogens (tertiary/aromatic N) is 1. The quantitative estimate of drug-likeness (QED) is 0.404. The highest BCUT2D eigenvalue weighted by atomic mass is 16.3. The molecule has 160 valence electrons. The maximum atomic E-state index is 11.7. The Bertz CT molecular complexity index is 564. The van der Waals surface area contributed by atoms with Gasteiger partial charge in [0, 0.05) is 26.4 Å². The number of aliphatic hydroxyl groups is 2. The zero-order valence-electron chi connectivity index (χ0n) is 18.4. The summed E-state index contributed by atoms with van der Waals surface area (Å²) in [7, 11) is 3.62. The summed E-state index contributed by atoms with van der Waals surface area (Å²) in [5.74, 6) is 1.41. The van der Waals surface area contributed by atoms with E-state index in [1.54, 1.807) is 4.90 Å². The fraction of sp³-hybridized carbons (Fsp3) is 0.792. The van der Waals surface area contributed by atoms with Crippen LogP contribution < -0.4 is 0 Å². The highest BCUT2D eigenvalue weighted by molar-refractivity contribution is 5.75. The van der Waals surface area contributed by atoms with Crippen LogP contribution >= 0.6 is 0 Å². The number of carbonyl (C=O) groups is 1. The lowest BCUT2D eigenvalue weighted by molar-refractivity contribution is -0.128. The first-order chi connectivity index (χ1) is 13.2. The van der Waals surface area contributed by atoms with E-state index >= 15 is 0 Å². The first kappa shape index (κ1) is 23.2. The lowest BCUT2D eigenvalue weighted by Crippen LogP contribution is -2.23. The van der Waals surface area contributed by atoms with Crippen LogP contribution in [0.4, 0.5) is 0 Å². The van der Waals surface area contributed by atoms with Gasteiger partial charge in [-0.25, -0.2) is 0 Å². The van der Waals surface area contributed by atoms with Crippen LogP contribution in [0.25, 0.3) is 0 Å². The van der Waals surface area contributed by atoms with Crippen LogP contribution in [0.3, 0.4) is 0 Å². The molecule has 0 radical (unpaired) electrons. The first-order valence-corrected chi connectivity index (χ1v) is 11.2. The normalized spacial score (nSPS) is 29.0. The summed E-state index contributed by atoms with van der Waals surface area (Å²) in [5.41, 5.74) is 0.867. The summed E-state index contributed by atoms with van der Waals surface area (Å²) >= 11 is 0. The molecule has 5 atom stereocenters. The van der Waals surface area contributed by atoms with E-state index in [1.807, 2.05) is 21.0 Å². The summed E-state index contributed by atoms with van der Waals surface area (Å²) < 4.78 is 0. The van der Waals surface area contributed by atoms with Gasteiger partial charge in [-0.05, 0) is 63.7 Å². The molecule has 0 saturated heterocycles. The smallest absolute Gasteiger partial charge is 0.222 e. The van der Waals surface area contributed by atoms with Gasteiger partial charge in [0.15, 0.2) is 0 Å². The number of fused-ring (bicyclic) bond motifs is 1. The van der Waals surface area contributed by atoms with Crippen LogP contribution in [0, 0.1) is 17.8 Å². The van der Waals surface area contributed by atoms with E-state index in [0.29, 0.717) is 24.7 Å². The van der Waals surface area contributed by atoms with E-state index in [1.165, 1.54) is 5.57 Å². The van der Waals surface area contributed by atoms with E-state index < -0.39 is 5.60 Å². The number of hydrogen-bond donors (Lipinski definition) is 2. The lowest BCUT2D eigenvalue weighted by Gasteiger charge is -2.22. The number of unbranched alkanes of at least 4 members (excludes halogenated alkanes) is 2. The standard InChI is InChI=1S/C24H41NO3/c1-5-6-13-24(2,28)14-9-11-20-21-16-18(15-19(21)17-22(20)26)10-7-8-12-23(27)25(3)4/h9,11,15,19-22,26,28H,5-8,10,12-14,16-17H2,1-4H3/b11-9+/t19?,20-,21+,22-,24+/m1/s1. The van der Waals surface area contributed by atoms with Gasteiger partial charge in [-0.1, -0.05) is 43.6 Å². The molecule has 0 spiro atoms. The van der Waals surface area contributed by atoms with Crippen molar-refractivity contribution < 1.29 is 15.0 Å². The van der Waals surface area contributed by atoms with Crippen LogP contribution in [-0.4, -0.2) is 46.8 Å². The molecular weight excluding hydrogens is 350 g/mol. The summed E-state index contributed by atoms with van der Waals surface area (Å²) in [6.45, 7) is 4.06. The number of hydrogen-bond acceptors (Lipinski definition) is 3. The average Bonchev–Trinajstić information content (AvgIpc) is 3.14. The van der Waals surface area contributed by atoms with Crippen molar-refractivity contribution in [3.8, 4) is 0 Å². The second-order valence-corrected chi connectivity index (χ2v) is 9.47. The molecule has 2 rings (SSSR count). The molecule has 4 heteroatoms. The van der Waals surface area contributed by atoms with Gasteiger partial charge in [-0.3, -0.25) is 4.79 Å². The fourth-order valence-corrected chi connectivity index (χ4v) is 4.78. The summed E-state index contributed by atoms with van der Waals surface area (Å²) in [6, 6.07) is 0. The molecule has 0 bridgehead atoms. The molecule has 1 saturated carbocycles. The van der Waals surface area contributed by atoms with Crippen molar-refractivity contribution in [1.82, 2.24) is 4.90 Å². The van der Waals surface area contributed by atoms with Crippen LogP contribution in [0.2, 0.25) is 0 Å². The number of carbonyl (C=O) groups excluding carboxylic acids is 1. The van der Waals surface area contributed by atoms with Gasteiger partial charge < -0.3 is 15.1 Å². The molecule has 1 unspecified atom stereocenters. The van der Waals surface area contributed by atoms with Crippen LogP contribution in [-0.2, 0) is 4.79 Å². The molecule has 0 heterocycles. The van der Waals surface area contributed by atoms with E-state index in [0.717, 1.165) is 51.4 Å². The summed E-state index contributed by atoms with van der Waals surface area (Å²) in [5, 5.41) is 21.0. The second kappa shape index (κ2) is 10.6. The third-order valence-corrected chi connectivity index (χ3v) is 6.57. The molecule has 2 N–H and O–H groups in total. The monoisotopic (exact) mass is 391 g/mol. The minimum absolute atomic E-state index is 0.205. The Kier molecular flexibility index (Phi) is 8.76. The minimum atomic E-state index is -0.640. The van der Waals surface area contributed by atoms with Crippen LogP contribution in [0.15, 0.2) is 23.8 Å². The van der Waals surface area contributed by atoms with Crippen molar-refractivity contribution in [3.05, 3.63) is 23.8 Å². The molecule has 4 nitrogen and oxygen atoms in total. The second-order valence-electron chi connectivity index (χ2n) is 9.47. The zero-order chi connectivity index (χ0) is 20.7. The third kappa shape index (κ3) is 6.73. The molecule has 0 aromatic heterocycles. The maximum absolute atomic E-state index is 11.7. The van der Waals surface area contributed by atoms with Gasteiger partial charge in [0.25, 0.3) is 0 Å². The summed E-state index contributed by atoms with van der Waals surface area (Å²) in [6.07, 6.45) is 15.7.